The number of carbonyl (C=O) groups is 1. The van der Waals surface area contributed by atoms with Crippen molar-refractivity contribution in [2.24, 2.45) is 0 Å². The monoisotopic (exact) mass is 213 g/mol. The van der Waals surface area contributed by atoms with Gasteiger partial charge in [-0.2, -0.15) is 0 Å². The van der Waals surface area contributed by atoms with Crippen LogP contribution in [0.3, 0.4) is 0 Å². The van der Waals surface area contributed by atoms with E-state index in [4.69, 9.17) is 6.15 Å². The van der Waals surface area contributed by atoms with Crippen molar-refractivity contribution in [3.05, 3.63) is 0 Å². The molecule has 86 valence electrons. The van der Waals surface area contributed by atoms with Gasteiger partial charge in [0.1, 0.15) is 7.01 Å². The fourth-order valence-electron chi connectivity index (χ4n) is 2.30. The molecule has 0 spiro atoms. The lowest BCUT2D eigenvalue weighted by Gasteiger charge is -2.36. The van der Waals surface area contributed by atoms with Crippen molar-refractivity contribution in [1.82, 2.24) is 10.2 Å². The molecule has 4 nitrogen and oxygen atoms in total. The summed E-state index contributed by atoms with van der Waals surface area (Å²) in [5.74, 6) is 0. The summed E-state index contributed by atoms with van der Waals surface area (Å²) in [6.07, 6.45) is 1.78. The first-order valence-corrected chi connectivity index (χ1v) is 5.62. The third kappa shape index (κ3) is 2.25. The summed E-state index contributed by atoms with van der Waals surface area (Å²) in [4.78, 5) is 13.8. The van der Waals surface area contributed by atoms with Crippen LogP contribution in [0, 0.1) is 0 Å². The molecule has 2 fully saturated rings. The van der Waals surface area contributed by atoms with Crippen LogP contribution in [0.5, 0.6) is 0 Å². The molecule has 2 saturated heterocycles. The van der Waals surface area contributed by atoms with Crippen LogP contribution < -0.4 is 5.31 Å². The van der Waals surface area contributed by atoms with Crippen molar-refractivity contribution < 1.29 is 10.9 Å². The van der Waals surface area contributed by atoms with Crippen molar-refractivity contribution in [3.8, 4) is 0 Å². The number of hydrogen-bond acceptors (Lipinski definition) is 3. The van der Waals surface area contributed by atoms with Crippen LogP contribution in [-0.4, -0.2) is 41.8 Å². The number of fused-ring (bicyclic) bond motifs is 2. The average Bonchev–Trinajstić information content (AvgIpc) is 2.36. The number of rotatable bonds is 0. The second-order valence-corrected chi connectivity index (χ2v) is 5.36. The van der Waals surface area contributed by atoms with E-state index in [-0.39, 0.29) is 18.2 Å². The predicted octanol–water partition coefficient (Wildman–Crippen LogP) is 1.36. The molecule has 4 heteroatoms. The largest absolute Gasteiger partial charge is 0.444 e. The Bertz CT molecular complexity index is 276. The van der Waals surface area contributed by atoms with Crippen LogP contribution in [0.4, 0.5) is 4.79 Å². The molecule has 0 aliphatic carbocycles. The molecule has 2 aliphatic rings. The Morgan fingerprint density at radius 3 is 2.40 bits per heavy atom. The van der Waals surface area contributed by atoms with Gasteiger partial charge in [0.05, 0.1) is 0 Å². The lowest BCUT2D eigenvalue weighted by Crippen LogP contribution is -2.55. The third-order valence-electron chi connectivity index (χ3n) is 2.90. The maximum absolute atomic E-state index is 12.0. The Labute approximate surface area is 92.4 Å². The van der Waals surface area contributed by atoms with Crippen LogP contribution in [-0.2, 0) is 4.74 Å². The SMILES string of the molecule is [2H]N1CC2CCC(C1)N2C(=O)OC(C)(C)C. The zero-order chi connectivity index (χ0) is 11.9. The predicted molar refractivity (Wildman–Crippen MR) is 57.8 cm³/mol. The van der Waals surface area contributed by atoms with Crippen LogP contribution in [0.2, 0.25) is 1.41 Å². The summed E-state index contributed by atoms with van der Waals surface area (Å²) in [6.45, 7) is 6.94. The number of nitrogens with zero attached hydrogens (tertiary/aromatic N) is 1. The number of hydrogen-bond donors (Lipinski definition) is 1. The van der Waals surface area contributed by atoms with E-state index in [1.54, 1.807) is 5.31 Å². The van der Waals surface area contributed by atoms with Crippen molar-refractivity contribution in [2.75, 3.05) is 13.1 Å². The molecule has 2 aliphatic heterocycles. The highest BCUT2D eigenvalue weighted by molar-refractivity contribution is 5.69. The second-order valence-electron chi connectivity index (χ2n) is 5.36. The van der Waals surface area contributed by atoms with Gasteiger partial charge in [0.15, 0.2) is 0 Å². The molecule has 2 atom stereocenters. The van der Waals surface area contributed by atoms with Gasteiger partial charge in [0.25, 0.3) is 0 Å². The molecule has 2 unspecified atom stereocenters. The molecule has 0 aromatic heterocycles. The number of carbonyl (C=O) groups excluding carboxylic acids is 1. The van der Waals surface area contributed by atoms with Gasteiger partial charge in [-0.05, 0) is 33.6 Å². The molecule has 2 bridgehead atoms. The summed E-state index contributed by atoms with van der Waals surface area (Å²) in [6, 6.07) is 0.345. The molecule has 0 aromatic carbocycles. The summed E-state index contributed by atoms with van der Waals surface area (Å²) in [5, 5.41) is 1.56. The summed E-state index contributed by atoms with van der Waals surface area (Å²) in [7, 11) is 0. The van der Waals surface area contributed by atoms with Gasteiger partial charge in [0.2, 0.25) is 0 Å². The van der Waals surface area contributed by atoms with Crippen LogP contribution in [0.25, 0.3) is 0 Å². The number of piperazine rings is 1. The minimum atomic E-state index is -0.436. The lowest BCUT2D eigenvalue weighted by molar-refractivity contribution is 0.0102. The van der Waals surface area contributed by atoms with Gasteiger partial charge in [-0.15, -0.1) is 0 Å². The molecule has 1 N–H and O–H groups in total. The fraction of sp³-hybridized carbons (Fsp3) is 0.909. The number of amides is 1. The van der Waals surface area contributed by atoms with Gasteiger partial charge in [-0.25, -0.2) is 4.79 Å². The summed E-state index contributed by atoms with van der Waals surface area (Å²) >= 11 is 0. The summed E-state index contributed by atoms with van der Waals surface area (Å²) in [5.41, 5.74) is -0.436. The van der Waals surface area contributed by atoms with E-state index in [1.807, 2.05) is 25.7 Å². The molecule has 2 heterocycles. The molecule has 0 saturated carbocycles. The minimum Gasteiger partial charge on any atom is -0.444 e. The molecule has 0 aromatic rings. The smallest absolute Gasteiger partial charge is 0.410 e. The summed E-state index contributed by atoms with van der Waals surface area (Å²) < 4.78 is 13.0. The topological polar surface area (TPSA) is 41.6 Å². The molecule has 2 rings (SSSR count). The highest BCUT2D eigenvalue weighted by Gasteiger charge is 2.41. The van der Waals surface area contributed by atoms with Gasteiger partial charge < -0.3 is 10.0 Å². The van der Waals surface area contributed by atoms with E-state index in [1.165, 1.54) is 0 Å². The maximum Gasteiger partial charge on any atom is 0.410 e. The van der Waals surface area contributed by atoms with Crippen LogP contribution >= 0.6 is 0 Å². The van der Waals surface area contributed by atoms with E-state index >= 15 is 0 Å². The van der Waals surface area contributed by atoms with E-state index < -0.39 is 5.60 Å². The number of ether oxygens (including phenoxy) is 1. The lowest BCUT2D eigenvalue weighted by atomic mass is 10.2. The van der Waals surface area contributed by atoms with Crippen LogP contribution in [0.15, 0.2) is 0 Å². The molecular weight excluding hydrogens is 192 g/mol. The highest BCUT2D eigenvalue weighted by atomic mass is 16.6. The Hall–Kier alpha value is -0.770. The van der Waals surface area contributed by atoms with Crippen LogP contribution in [0.1, 0.15) is 33.6 Å². The Balaban J connectivity index is 2.03. The van der Waals surface area contributed by atoms with Gasteiger partial charge in [-0.1, -0.05) is 0 Å². The standard InChI is InChI=1S/C11H20N2O2/c1-11(2,3)15-10(14)13-8-4-5-9(13)7-12-6-8/h8-9,12H,4-7H2,1-3H3/i/hD. The molecular formula is C11H20N2O2. The number of nitrogens with one attached hydrogen (secondary N) is 1. The molecule has 15 heavy (non-hydrogen) atoms. The zero-order valence-corrected chi connectivity index (χ0v) is 9.69. The van der Waals surface area contributed by atoms with E-state index in [9.17, 15) is 4.79 Å². The first-order valence-electron chi connectivity index (χ1n) is 6.07. The van der Waals surface area contributed by atoms with Crippen molar-refractivity contribution in [2.45, 2.75) is 51.3 Å². The molecule has 0 radical (unpaired) electrons. The van der Waals surface area contributed by atoms with E-state index in [0.717, 1.165) is 12.8 Å². The van der Waals surface area contributed by atoms with Gasteiger partial charge >= 0.3 is 6.09 Å². The quantitative estimate of drug-likeness (QED) is 0.660. The molecule has 1 amide bonds. The van der Waals surface area contributed by atoms with Crippen molar-refractivity contribution in [3.63, 3.8) is 0 Å². The van der Waals surface area contributed by atoms with Gasteiger partial charge in [0, 0.05) is 25.2 Å². The third-order valence-corrected chi connectivity index (χ3v) is 2.90. The minimum absolute atomic E-state index is 0.172. The Kier molecular flexibility index (Phi) is 2.31. The van der Waals surface area contributed by atoms with Gasteiger partial charge in [-0.3, -0.25) is 4.90 Å². The normalized spacial score (nSPS) is 32.7. The fourth-order valence-corrected chi connectivity index (χ4v) is 2.30. The van der Waals surface area contributed by atoms with E-state index in [2.05, 4.69) is 0 Å². The highest BCUT2D eigenvalue weighted by Crippen LogP contribution is 2.28. The average molecular weight is 213 g/mol. The zero-order valence-electron chi connectivity index (χ0n) is 10.7. The second kappa shape index (κ2) is 3.67. The maximum atomic E-state index is 12.0. The first kappa shape index (κ1) is 9.46. The van der Waals surface area contributed by atoms with Crippen molar-refractivity contribution in [1.29, 1.82) is 0 Å². The van der Waals surface area contributed by atoms with Crippen molar-refractivity contribution >= 4 is 6.09 Å². The Morgan fingerprint density at radius 1 is 1.40 bits per heavy atom. The van der Waals surface area contributed by atoms with E-state index in [0.29, 0.717) is 13.1 Å². The Morgan fingerprint density at radius 2 is 1.93 bits per heavy atom. The first-order chi connectivity index (χ1) is 7.37.